The summed E-state index contributed by atoms with van der Waals surface area (Å²) in [5.41, 5.74) is 0. The fourth-order valence-electron chi connectivity index (χ4n) is 11.0. The number of rotatable bonds is 77. The minimum atomic E-state index is -4.98. The van der Waals surface area contributed by atoms with Gasteiger partial charge in [-0.25, -0.2) is 9.13 Å². The molecule has 0 rings (SSSR count). The van der Waals surface area contributed by atoms with Crippen LogP contribution in [0, 0.1) is 0 Å². The van der Waals surface area contributed by atoms with E-state index in [9.17, 15) is 43.2 Å². The number of aliphatic hydroxyl groups excluding tert-OH is 1. The van der Waals surface area contributed by atoms with Gasteiger partial charge in [-0.2, -0.15) is 0 Å². The molecule has 5 unspecified atom stereocenters. The molecule has 0 saturated heterocycles. The molecule has 0 radical (unpaired) electrons. The smallest absolute Gasteiger partial charge is 0.462 e. The first-order valence-electron chi connectivity index (χ1n) is 41.1. The Labute approximate surface area is 632 Å². The van der Waals surface area contributed by atoms with Crippen LogP contribution in [0.4, 0.5) is 0 Å². The molecule has 0 saturated carbocycles. The monoisotopic (exact) mass is 1500 g/mol. The van der Waals surface area contributed by atoms with Crippen molar-refractivity contribution in [1.29, 1.82) is 0 Å². The number of allylic oxidation sites excluding steroid dienone is 18. The second-order valence-electron chi connectivity index (χ2n) is 27.3. The quantitative estimate of drug-likeness (QED) is 0.0169. The van der Waals surface area contributed by atoms with Gasteiger partial charge in [-0.1, -0.05) is 304 Å². The minimum Gasteiger partial charge on any atom is -0.462 e. The number of hydrogen-bond donors (Lipinski definition) is 3. The molecule has 3 N–H and O–H groups in total. The summed E-state index contributed by atoms with van der Waals surface area (Å²) in [7, 11) is -9.96. The van der Waals surface area contributed by atoms with E-state index in [0.717, 1.165) is 199 Å². The number of hydrogen-bond acceptors (Lipinski definition) is 15. The van der Waals surface area contributed by atoms with Crippen molar-refractivity contribution in [2.75, 3.05) is 39.6 Å². The third-order valence-corrected chi connectivity index (χ3v) is 19.1. The van der Waals surface area contributed by atoms with E-state index in [1.807, 2.05) is 0 Å². The van der Waals surface area contributed by atoms with E-state index in [2.05, 4.69) is 137 Å². The molecule has 0 spiro atoms. The van der Waals surface area contributed by atoms with Crippen LogP contribution in [-0.4, -0.2) is 96.7 Å². The first-order valence-corrected chi connectivity index (χ1v) is 44.1. The lowest BCUT2D eigenvalue weighted by Crippen LogP contribution is -2.30. The predicted molar refractivity (Wildman–Crippen MR) is 427 cm³/mol. The SMILES string of the molecule is CC/C=C\C/C=C\C/C=C\C/C=C\CCCCCCCCC(=O)OCC(COP(=O)(O)OCC(O)COP(=O)(O)OCC(COC(=O)CCCCCCCC/C=C\C/C=C\C/C=C\CCCCC)OC(=O)CCCCCCC/C=C\C/C=C\CCC)OC(=O)CCCCCCCCCCCCCCC. The Kier molecular flexibility index (Phi) is 73.7. The standard InChI is InChI=1S/C85H148O17P2/c1-5-9-13-17-21-25-29-33-35-37-39-41-43-47-49-53-57-61-65-69-82(87)95-75-80(101-84(89)71-67-63-59-55-51-45-31-27-23-19-15-11-7-3)77-99-103(91,92)97-73-79(86)74-98-104(93,94)100-78-81(102-85(90)72-68-64-60-56-52-46-32-28-24-20-16-12-8-4)76-96-83(88)70-66-62-58-54-50-48-44-42-40-38-36-34-30-26-22-18-14-10-6-2/h9,13,16,20-22,25-26,28,32-36,39-42,79-81,86H,5-8,10-12,14-15,17-19,23-24,27,29-31,37-38,43-78H2,1-4H3,(H,91,92)(H,93,94)/b13-9-,20-16-,25-21-,26-22-,32-28-,35-33-,36-34-,41-39-,42-40-. The Balaban J connectivity index is 5.33. The van der Waals surface area contributed by atoms with E-state index in [-0.39, 0.29) is 25.7 Å². The van der Waals surface area contributed by atoms with Gasteiger partial charge in [0.25, 0.3) is 0 Å². The van der Waals surface area contributed by atoms with Crippen molar-refractivity contribution in [2.45, 2.75) is 367 Å². The van der Waals surface area contributed by atoms with Gasteiger partial charge in [0.05, 0.1) is 26.4 Å². The van der Waals surface area contributed by atoms with Gasteiger partial charge in [0.2, 0.25) is 0 Å². The molecule has 0 aromatic carbocycles. The highest BCUT2D eigenvalue weighted by molar-refractivity contribution is 7.47. The van der Waals surface area contributed by atoms with Gasteiger partial charge >= 0.3 is 39.5 Å². The van der Waals surface area contributed by atoms with Gasteiger partial charge in [0, 0.05) is 25.7 Å². The molecule has 0 aromatic rings. The predicted octanol–water partition coefficient (Wildman–Crippen LogP) is 24.1. The first kappa shape index (κ1) is 99.7. The second kappa shape index (κ2) is 76.9. The van der Waals surface area contributed by atoms with Crippen molar-refractivity contribution >= 4 is 39.5 Å². The third-order valence-electron chi connectivity index (χ3n) is 17.2. The molecular formula is C85H148O17P2. The summed E-state index contributed by atoms with van der Waals surface area (Å²) < 4.78 is 68.7. The van der Waals surface area contributed by atoms with Crippen LogP contribution >= 0.6 is 15.6 Å². The van der Waals surface area contributed by atoms with E-state index >= 15 is 0 Å². The van der Waals surface area contributed by atoms with E-state index in [0.29, 0.717) is 25.7 Å². The van der Waals surface area contributed by atoms with E-state index in [1.165, 1.54) is 70.6 Å². The lowest BCUT2D eigenvalue weighted by atomic mass is 10.0. The van der Waals surface area contributed by atoms with E-state index < -0.39 is 97.5 Å². The number of esters is 4. The maximum absolute atomic E-state index is 13.1. The summed E-state index contributed by atoms with van der Waals surface area (Å²) >= 11 is 0. The zero-order valence-corrected chi connectivity index (χ0v) is 67.5. The second-order valence-corrected chi connectivity index (χ2v) is 30.2. The Morgan fingerprint density at radius 2 is 0.519 bits per heavy atom. The molecule has 0 aliphatic carbocycles. The van der Waals surface area contributed by atoms with Crippen LogP contribution in [0.25, 0.3) is 0 Å². The highest BCUT2D eigenvalue weighted by Crippen LogP contribution is 2.45. The highest BCUT2D eigenvalue weighted by Gasteiger charge is 2.30. The number of ether oxygens (including phenoxy) is 4. The fourth-order valence-corrected chi connectivity index (χ4v) is 12.5. The zero-order chi connectivity index (χ0) is 76.0. The fraction of sp³-hybridized carbons (Fsp3) is 0.741. The van der Waals surface area contributed by atoms with Crippen molar-refractivity contribution in [3.63, 3.8) is 0 Å². The van der Waals surface area contributed by atoms with Gasteiger partial charge in [-0.05, 0) is 128 Å². The topological polar surface area (TPSA) is 237 Å². The molecule has 0 amide bonds. The van der Waals surface area contributed by atoms with Gasteiger partial charge in [-0.15, -0.1) is 0 Å². The molecular weight excluding hydrogens is 1350 g/mol. The summed E-state index contributed by atoms with van der Waals surface area (Å²) in [5, 5.41) is 10.6. The van der Waals surface area contributed by atoms with Crippen LogP contribution in [0.2, 0.25) is 0 Å². The third kappa shape index (κ3) is 75.9. The van der Waals surface area contributed by atoms with Crippen LogP contribution in [0.15, 0.2) is 109 Å². The number of unbranched alkanes of at least 4 members (excludes halogenated alkanes) is 33. The van der Waals surface area contributed by atoms with Crippen LogP contribution in [0.1, 0.15) is 349 Å². The molecule has 0 heterocycles. The highest BCUT2D eigenvalue weighted by atomic mass is 31.2. The lowest BCUT2D eigenvalue weighted by Gasteiger charge is -2.21. The van der Waals surface area contributed by atoms with Crippen molar-refractivity contribution < 1.29 is 80.2 Å². The van der Waals surface area contributed by atoms with Gasteiger partial charge in [-0.3, -0.25) is 37.3 Å². The number of carbonyl (C=O) groups is 4. The molecule has 600 valence electrons. The molecule has 0 fully saturated rings. The van der Waals surface area contributed by atoms with Crippen molar-refractivity contribution in [1.82, 2.24) is 0 Å². The number of phosphoric ester groups is 2. The van der Waals surface area contributed by atoms with Crippen molar-refractivity contribution in [2.24, 2.45) is 0 Å². The summed E-state index contributed by atoms with van der Waals surface area (Å²) in [6, 6.07) is 0. The van der Waals surface area contributed by atoms with Gasteiger partial charge in [0.15, 0.2) is 12.2 Å². The maximum atomic E-state index is 13.1. The average Bonchev–Trinajstić information content (AvgIpc) is 0.913. The van der Waals surface area contributed by atoms with Crippen LogP contribution in [-0.2, 0) is 65.4 Å². The van der Waals surface area contributed by atoms with Gasteiger partial charge in [0.1, 0.15) is 19.3 Å². The number of aliphatic hydroxyl groups is 1. The van der Waals surface area contributed by atoms with E-state index in [4.69, 9.17) is 37.0 Å². The average molecular weight is 1500 g/mol. The van der Waals surface area contributed by atoms with Crippen molar-refractivity contribution in [3.8, 4) is 0 Å². The molecule has 0 aromatic heterocycles. The summed E-state index contributed by atoms with van der Waals surface area (Å²) in [5.74, 6) is -2.20. The molecule has 0 aliphatic heterocycles. The molecule has 0 aliphatic rings. The molecule has 0 bridgehead atoms. The van der Waals surface area contributed by atoms with Crippen LogP contribution in [0.5, 0.6) is 0 Å². The minimum absolute atomic E-state index is 0.0754. The number of phosphoric acid groups is 2. The summed E-state index contributed by atoms with van der Waals surface area (Å²) in [6.45, 7) is 4.67. The van der Waals surface area contributed by atoms with Gasteiger partial charge < -0.3 is 33.8 Å². The summed E-state index contributed by atoms with van der Waals surface area (Å²) in [4.78, 5) is 73.1. The first-order chi connectivity index (χ1) is 50.7. The number of carbonyl (C=O) groups excluding carboxylic acids is 4. The van der Waals surface area contributed by atoms with Crippen LogP contribution < -0.4 is 0 Å². The zero-order valence-electron chi connectivity index (χ0n) is 65.7. The van der Waals surface area contributed by atoms with Crippen LogP contribution in [0.3, 0.4) is 0 Å². The molecule has 104 heavy (non-hydrogen) atoms. The largest absolute Gasteiger partial charge is 0.472 e. The Bertz CT molecular complexity index is 2390. The Morgan fingerprint density at radius 3 is 0.827 bits per heavy atom. The van der Waals surface area contributed by atoms with Crippen molar-refractivity contribution in [3.05, 3.63) is 109 Å². The lowest BCUT2D eigenvalue weighted by molar-refractivity contribution is -0.161. The Morgan fingerprint density at radius 1 is 0.279 bits per heavy atom. The summed E-state index contributed by atoms with van der Waals surface area (Å²) in [6.07, 6.45) is 83.4. The molecule has 17 nitrogen and oxygen atoms in total. The Hall–Kier alpha value is -4.28. The normalized spacial score (nSPS) is 14.4. The maximum Gasteiger partial charge on any atom is 0.472 e. The van der Waals surface area contributed by atoms with E-state index in [1.54, 1.807) is 0 Å². The molecule has 5 atom stereocenters. The molecule has 19 heteroatoms.